The van der Waals surface area contributed by atoms with Gasteiger partial charge in [-0.25, -0.2) is 4.79 Å². The maximum Gasteiger partial charge on any atom is 0.353 e. The largest absolute Gasteiger partial charge is 0.496 e. The van der Waals surface area contributed by atoms with E-state index in [9.17, 15) is 9.59 Å². The molecule has 4 unspecified atom stereocenters. The zero-order chi connectivity index (χ0) is 24.2. The van der Waals surface area contributed by atoms with Crippen LogP contribution in [0.15, 0.2) is 18.2 Å². The van der Waals surface area contributed by atoms with Crippen LogP contribution in [0.4, 0.5) is 0 Å². The predicted molar refractivity (Wildman–Crippen MR) is 119 cm³/mol. The van der Waals surface area contributed by atoms with Gasteiger partial charge in [-0.15, -0.1) is 0 Å². The van der Waals surface area contributed by atoms with Gasteiger partial charge in [0.2, 0.25) is 0 Å². The molecule has 31 heavy (non-hydrogen) atoms. The Balaban J connectivity index is 0.00000436. The molecule has 0 aliphatic carbocycles. The number of rotatable bonds is 11. The summed E-state index contributed by atoms with van der Waals surface area (Å²) in [5.74, 6) is -1.51. The molecule has 8 nitrogen and oxygen atoms in total. The Kier molecular flexibility index (Phi) is 13.2. The Morgan fingerprint density at radius 2 is 1.52 bits per heavy atom. The maximum absolute atomic E-state index is 13.4. The van der Waals surface area contributed by atoms with Crippen molar-refractivity contribution in [1.82, 2.24) is 0 Å². The van der Waals surface area contributed by atoms with Gasteiger partial charge in [0, 0.05) is 7.11 Å². The van der Waals surface area contributed by atoms with Crippen molar-refractivity contribution < 1.29 is 38.1 Å². The fourth-order valence-corrected chi connectivity index (χ4v) is 3.32. The van der Waals surface area contributed by atoms with Crippen molar-refractivity contribution >= 4 is 20.9 Å². The summed E-state index contributed by atoms with van der Waals surface area (Å²) in [5, 5.41) is 0. The van der Waals surface area contributed by atoms with Crippen molar-refractivity contribution in [3.05, 3.63) is 23.8 Å². The van der Waals surface area contributed by atoms with Crippen LogP contribution in [0.3, 0.4) is 0 Å². The van der Waals surface area contributed by atoms with E-state index in [1.165, 1.54) is 30.4 Å². The third kappa shape index (κ3) is 9.76. The smallest absolute Gasteiger partial charge is 0.353 e. The summed E-state index contributed by atoms with van der Waals surface area (Å²) < 4.78 is 23.8. The fraction of sp³-hybridized carbons (Fsp3) is 0.636. The first-order chi connectivity index (χ1) is 14.5. The zero-order valence-corrected chi connectivity index (χ0v) is 20.9. The van der Waals surface area contributed by atoms with E-state index in [0.29, 0.717) is 17.9 Å². The molecule has 0 bridgehead atoms. The molecule has 176 valence electrons. The molecule has 0 aliphatic heterocycles. The summed E-state index contributed by atoms with van der Waals surface area (Å²) in [5.41, 5.74) is 0.266. The molecule has 1 aromatic rings. The third-order valence-electron chi connectivity index (χ3n) is 4.47. The molecular formula is C22H36O8P+. The summed E-state index contributed by atoms with van der Waals surface area (Å²) in [4.78, 5) is 36.0. The Morgan fingerprint density at radius 1 is 1.00 bits per heavy atom. The number of carbonyl (C=O) groups is 2. The molecule has 0 N–H and O–H groups in total. The van der Waals surface area contributed by atoms with Gasteiger partial charge in [-0.1, -0.05) is 38.3 Å². The molecule has 0 aliphatic rings. The lowest BCUT2D eigenvalue weighted by Crippen LogP contribution is -2.30. The lowest BCUT2D eigenvalue weighted by atomic mass is 9.80. The van der Waals surface area contributed by atoms with E-state index in [1.54, 1.807) is 25.1 Å². The minimum Gasteiger partial charge on any atom is -0.496 e. The Labute approximate surface area is 187 Å². The van der Waals surface area contributed by atoms with Crippen LogP contribution < -0.4 is 9.47 Å². The van der Waals surface area contributed by atoms with Crippen molar-refractivity contribution in [3.8, 4) is 11.5 Å². The number of ether oxygens (including phenoxy) is 3. The van der Waals surface area contributed by atoms with Crippen molar-refractivity contribution in [1.29, 1.82) is 0 Å². The van der Waals surface area contributed by atoms with Gasteiger partial charge in [-0.05, 0) is 43.2 Å². The minimum atomic E-state index is -1.07. The highest BCUT2D eigenvalue weighted by Crippen LogP contribution is 2.34. The molecule has 0 radical (unpaired) electrons. The standard InChI is InChI=1S/C22H34O7.H2OP/c1-14(13-22(3,4)5)12-16(21(24)29-28-15(2)25-6)20(23)19-17(26-7)10-9-11-18(19)27-8;1-2/h9-11,14-16H,12-13H2,1-8H3;2H2/q;+1. The van der Waals surface area contributed by atoms with E-state index in [0.717, 1.165) is 6.42 Å². The Morgan fingerprint density at radius 3 is 1.94 bits per heavy atom. The third-order valence-corrected chi connectivity index (χ3v) is 4.47. The van der Waals surface area contributed by atoms with Gasteiger partial charge in [-0.3, -0.25) is 9.68 Å². The molecule has 0 spiro atoms. The SMILES string of the molecule is COc1cccc(OC)c1C(=O)C(CC(C)CC(C)(C)C)C(=O)OOC(C)OC.O=[PH2+]. The molecule has 9 heteroatoms. The molecule has 0 heterocycles. The van der Waals surface area contributed by atoms with Crippen molar-refractivity contribution in [2.45, 2.75) is 53.8 Å². The van der Waals surface area contributed by atoms with E-state index in [2.05, 4.69) is 20.8 Å². The van der Waals surface area contributed by atoms with Crippen molar-refractivity contribution in [3.63, 3.8) is 0 Å². The second-order valence-electron chi connectivity index (χ2n) is 8.36. The molecule has 1 rings (SSSR count). The number of Topliss-reactive ketones (excluding diaryl/α,β-unsaturated/α-hetero) is 1. The van der Waals surface area contributed by atoms with E-state index in [4.69, 9.17) is 28.6 Å². The summed E-state index contributed by atoms with van der Waals surface area (Å²) in [6, 6.07) is 5.02. The summed E-state index contributed by atoms with van der Waals surface area (Å²) >= 11 is 0. The number of benzene rings is 1. The molecule has 1 aromatic carbocycles. The van der Waals surface area contributed by atoms with Crippen LogP contribution in [-0.2, 0) is 23.9 Å². The molecule has 4 atom stereocenters. The first-order valence-corrected chi connectivity index (χ1v) is 10.4. The van der Waals surface area contributed by atoms with Crippen molar-refractivity contribution in [2.24, 2.45) is 17.3 Å². The highest BCUT2D eigenvalue weighted by atomic mass is 31.0. The van der Waals surface area contributed by atoms with E-state index in [-0.39, 0.29) is 16.9 Å². The fourth-order valence-electron chi connectivity index (χ4n) is 3.32. The molecule has 0 fully saturated rings. The Bertz CT molecular complexity index is 679. The lowest BCUT2D eigenvalue weighted by Gasteiger charge is -2.26. The second kappa shape index (κ2) is 14.1. The average Bonchev–Trinajstić information content (AvgIpc) is 2.74. The normalized spacial score (nSPS) is 13.8. The minimum absolute atomic E-state index is 0.0557. The summed E-state index contributed by atoms with van der Waals surface area (Å²) in [6.45, 7) is 9.94. The van der Waals surface area contributed by atoms with Crippen LogP contribution in [0.5, 0.6) is 11.5 Å². The number of hydrogen-bond donors (Lipinski definition) is 0. The molecule has 0 saturated carbocycles. The topological polar surface area (TPSA) is 97.4 Å². The van der Waals surface area contributed by atoms with Crippen LogP contribution >= 0.6 is 9.12 Å². The van der Waals surface area contributed by atoms with Gasteiger partial charge in [0.1, 0.15) is 23.0 Å². The highest BCUT2D eigenvalue weighted by molar-refractivity contribution is 7.00. The molecular weight excluding hydrogens is 423 g/mol. The van der Waals surface area contributed by atoms with Crippen molar-refractivity contribution in [2.75, 3.05) is 21.3 Å². The average molecular weight is 459 g/mol. The molecule has 0 saturated heterocycles. The monoisotopic (exact) mass is 459 g/mol. The summed E-state index contributed by atoms with van der Waals surface area (Å²) in [7, 11) is 5.52. The number of ketones is 1. The van der Waals surface area contributed by atoms with Crippen LogP contribution in [0, 0.1) is 17.3 Å². The second-order valence-corrected chi connectivity index (χ2v) is 8.36. The van der Waals surface area contributed by atoms with Gasteiger partial charge in [0.25, 0.3) is 0 Å². The van der Waals surface area contributed by atoms with E-state index in [1.807, 2.05) is 6.92 Å². The van der Waals surface area contributed by atoms with E-state index >= 15 is 0 Å². The number of carbonyl (C=O) groups excluding carboxylic acids is 2. The van der Waals surface area contributed by atoms with Crippen LogP contribution in [-0.4, -0.2) is 39.4 Å². The highest BCUT2D eigenvalue weighted by Gasteiger charge is 2.36. The van der Waals surface area contributed by atoms with Crippen LogP contribution in [0.25, 0.3) is 0 Å². The molecule has 0 amide bonds. The lowest BCUT2D eigenvalue weighted by molar-refractivity contribution is -0.343. The first-order valence-electron chi connectivity index (χ1n) is 9.92. The van der Waals surface area contributed by atoms with Crippen LogP contribution in [0.1, 0.15) is 57.8 Å². The van der Waals surface area contributed by atoms with Gasteiger partial charge < -0.3 is 14.2 Å². The zero-order valence-electron chi connectivity index (χ0n) is 19.7. The Hall–Kier alpha value is -2.02. The maximum atomic E-state index is 13.4. The number of methoxy groups -OCH3 is 3. The quantitative estimate of drug-likeness (QED) is 0.118. The predicted octanol–water partition coefficient (Wildman–Crippen LogP) is 4.64. The van der Waals surface area contributed by atoms with Gasteiger partial charge in [0.05, 0.1) is 14.2 Å². The van der Waals surface area contributed by atoms with Gasteiger partial charge in [-0.2, -0.15) is 4.89 Å². The summed E-state index contributed by atoms with van der Waals surface area (Å²) in [6.07, 6.45) is 0.394. The molecule has 0 aromatic heterocycles. The van der Waals surface area contributed by atoms with Gasteiger partial charge >= 0.3 is 15.1 Å². The first kappa shape index (κ1) is 29.0. The van der Waals surface area contributed by atoms with Crippen LogP contribution in [0.2, 0.25) is 0 Å². The van der Waals surface area contributed by atoms with Gasteiger partial charge in [0.15, 0.2) is 12.1 Å². The number of hydrogen-bond acceptors (Lipinski definition) is 8. The van der Waals surface area contributed by atoms with E-state index < -0.39 is 24.0 Å².